The third-order valence-corrected chi connectivity index (χ3v) is 2.54. The summed E-state index contributed by atoms with van der Waals surface area (Å²) in [6.07, 6.45) is 0. The molecule has 2 radical (unpaired) electrons. The molecular weight excluding hydrogens is 181 g/mol. The van der Waals surface area contributed by atoms with Crippen molar-refractivity contribution in [3.8, 4) is 0 Å². The van der Waals surface area contributed by atoms with Crippen LogP contribution in [0.4, 0.5) is 13.2 Å². The van der Waals surface area contributed by atoms with E-state index in [1.807, 2.05) is 0 Å². The highest BCUT2D eigenvalue weighted by molar-refractivity contribution is 6.55. The maximum atomic E-state index is 11.9. The topological polar surface area (TPSA) is 0 Å². The molecule has 0 aliphatic rings. The number of alkyl halides is 3. The predicted octanol–water partition coefficient (Wildman–Crippen LogP) is 1.84. The van der Waals surface area contributed by atoms with Crippen molar-refractivity contribution < 1.29 is 13.2 Å². The van der Waals surface area contributed by atoms with Gasteiger partial charge in [0.1, 0.15) is 0 Å². The number of rotatable bonds is 1. The van der Waals surface area contributed by atoms with Crippen molar-refractivity contribution in [3.63, 3.8) is 0 Å². The third kappa shape index (κ3) is 2.69. The summed E-state index contributed by atoms with van der Waals surface area (Å²) in [5.74, 6) is -4.08. The first kappa shape index (κ1) is 9.32. The van der Waals surface area contributed by atoms with Crippen LogP contribution in [0.3, 0.4) is 0 Å². The Kier molecular flexibility index (Phi) is 2.57. The van der Waals surface area contributed by atoms with Crippen LogP contribution in [-0.2, 0) is 0 Å². The summed E-state index contributed by atoms with van der Waals surface area (Å²) in [7, 11) is -1.09. The minimum atomic E-state index is -4.08. The maximum absolute atomic E-state index is 11.9. The van der Waals surface area contributed by atoms with Gasteiger partial charge in [-0.1, -0.05) is 35.0 Å². The van der Waals surface area contributed by atoms with Gasteiger partial charge in [-0.15, -0.1) is 0 Å². The van der Waals surface area contributed by atoms with E-state index in [9.17, 15) is 13.2 Å². The highest BCUT2D eigenvalue weighted by Crippen LogP contribution is 2.12. The standard InChI is InChI=1S/C8H7F3Si/c1-6-4-2-3-5-7(6)12-8(9,10)11/h2-5H,1H3. The first-order valence-corrected chi connectivity index (χ1v) is 4.39. The predicted molar refractivity (Wildman–Crippen MR) is 42.6 cm³/mol. The molecule has 0 nitrogen and oxygen atoms in total. The molecule has 1 rings (SSSR count). The lowest BCUT2D eigenvalue weighted by Gasteiger charge is -2.06. The molecule has 0 atom stereocenters. The van der Waals surface area contributed by atoms with Gasteiger partial charge in [0.05, 0.1) is 0 Å². The minimum Gasteiger partial charge on any atom is -0.177 e. The van der Waals surface area contributed by atoms with Gasteiger partial charge in [-0.3, -0.25) is 0 Å². The summed E-state index contributed by atoms with van der Waals surface area (Å²) in [6.45, 7) is 1.69. The number of benzene rings is 1. The summed E-state index contributed by atoms with van der Waals surface area (Å²) < 4.78 is 35.8. The molecule has 0 aromatic heterocycles. The number of aryl methyl sites for hydroxylation is 1. The molecule has 0 unspecified atom stereocenters. The van der Waals surface area contributed by atoms with Gasteiger partial charge in [0.25, 0.3) is 0 Å². The molecule has 0 N–H and O–H groups in total. The van der Waals surface area contributed by atoms with Crippen LogP contribution in [0.2, 0.25) is 0 Å². The first-order chi connectivity index (χ1) is 5.49. The Morgan fingerprint density at radius 2 is 1.75 bits per heavy atom. The molecule has 0 fully saturated rings. The molecule has 64 valence electrons. The lowest BCUT2D eigenvalue weighted by atomic mass is 10.2. The fourth-order valence-corrected chi connectivity index (χ4v) is 1.63. The smallest absolute Gasteiger partial charge is 0.177 e. The average molecular weight is 188 g/mol. The minimum absolute atomic E-state index is 0.380. The fourth-order valence-electron chi connectivity index (χ4n) is 0.866. The van der Waals surface area contributed by atoms with Gasteiger partial charge >= 0.3 is 5.80 Å². The molecule has 0 amide bonds. The summed E-state index contributed by atoms with van der Waals surface area (Å²) in [6, 6.07) is 6.57. The van der Waals surface area contributed by atoms with Gasteiger partial charge in [-0.25, -0.2) is 0 Å². The van der Waals surface area contributed by atoms with E-state index >= 15 is 0 Å². The Morgan fingerprint density at radius 1 is 1.17 bits per heavy atom. The van der Waals surface area contributed by atoms with E-state index in [-0.39, 0.29) is 0 Å². The average Bonchev–Trinajstić information content (AvgIpc) is 1.91. The lowest BCUT2D eigenvalue weighted by molar-refractivity contribution is -0.0455. The van der Waals surface area contributed by atoms with Crippen LogP contribution in [0.15, 0.2) is 24.3 Å². The molecule has 0 heterocycles. The molecule has 1 aromatic rings. The van der Waals surface area contributed by atoms with Gasteiger partial charge in [-0.2, -0.15) is 13.2 Å². The second-order valence-corrected chi connectivity index (χ2v) is 3.79. The number of hydrogen-bond acceptors (Lipinski definition) is 0. The molecule has 0 bridgehead atoms. The van der Waals surface area contributed by atoms with Gasteiger partial charge in [0, 0.05) is 0 Å². The SMILES string of the molecule is Cc1ccccc1[Si]C(F)(F)F. The van der Waals surface area contributed by atoms with Crippen LogP contribution < -0.4 is 5.19 Å². The third-order valence-electron chi connectivity index (χ3n) is 1.42. The van der Waals surface area contributed by atoms with Crippen LogP contribution >= 0.6 is 0 Å². The van der Waals surface area contributed by atoms with E-state index in [1.165, 1.54) is 6.07 Å². The van der Waals surface area contributed by atoms with Crippen LogP contribution in [0.1, 0.15) is 5.56 Å². The summed E-state index contributed by atoms with van der Waals surface area (Å²) in [5.41, 5.74) is 0.702. The van der Waals surface area contributed by atoms with E-state index < -0.39 is 15.3 Å². The molecule has 0 saturated heterocycles. The Labute approximate surface area is 71.2 Å². The first-order valence-electron chi connectivity index (χ1n) is 3.39. The van der Waals surface area contributed by atoms with Gasteiger partial charge < -0.3 is 0 Å². The van der Waals surface area contributed by atoms with Crippen molar-refractivity contribution >= 4 is 14.7 Å². The lowest BCUT2D eigenvalue weighted by Crippen LogP contribution is -2.31. The highest BCUT2D eigenvalue weighted by atomic mass is 28.2. The van der Waals surface area contributed by atoms with Crippen LogP contribution in [-0.4, -0.2) is 15.3 Å². The highest BCUT2D eigenvalue weighted by Gasteiger charge is 2.29. The van der Waals surface area contributed by atoms with E-state index in [0.29, 0.717) is 10.8 Å². The molecule has 0 spiro atoms. The fraction of sp³-hybridized carbons (Fsp3) is 0.250. The summed E-state index contributed by atoms with van der Waals surface area (Å²) in [4.78, 5) is 0. The van der Waals surface area contributed by atoms with Crippen LogP contribution in [0.25, 0.3) is 0 Å². The number of hydrogen-bond donors (Lipinski definition) is 0. The second kappa shape index (κ2) is 3.31. The largest absolute Gasteiger partial charge is 0.362 e. The molecule has 0 saturated carbocycles. The van der Waals surface area contributed by atoms with Crippen molar-refractivity contribution in [2.75, 3.05) is 0 Å². The van der Waals surface area contributed by atoms with Crippen molar-refractivity contribution in [1.29, 1.82) is 0 Å². The molecule has 12 heavy (non-hydrogen) atoms. The number of halogens is 3. The van der Waals surface area contributed by atoms with Gasteiger partial charge in [0.15, 0.2) is 0 Å². The summed E-state index contributed by atoms with van der Waals surface area (Å²) in [5, 5.41) is 0.380. The van der Waals surface area contributed by atoms with Gasteiger partial charge in [-0.05, 0) is 6.92 Å². The maximum Gasteiger partial charge on any atom is 0.362 e. The van der Waals surface area contributed by atoms with Crippen molar-refractivity contribution in [2.24, 2.45) is 0 Å². The van der Waals surface area contributed by atoms with E-state index in [4.69, 9.17) is 0 Å². The zero-order valence-corrected chi connectivity index (χ0v) is 7.44. The molecular formula is C8H7F3Si. The summed E-state index contributed by atoms with van der Waals surface area (Å²) >= 11 is 0. The Morgan fingerprint density at radius 3 is 2.25 bits per heavy atom. The Bertz CT molecular complexity index is 267. The molecule has 0 aliphatic carbocycles. The van der Waals surface area contributed by atoms with Crippen LogP contribution in [0.5, 0.6) is 0 Å². The Hall–Kier alpha value is -0.773. The van der Waals surface area contributed by atoms with Crippen molar-refractivity contribution in [3.05, 3.63) is 29.8 Å². The van der Waals surface area contributed by atoms with E-state index in [2.05, 4.69) is 0 Å². The normalized spacial score (nSPS) is 11.7. The van der Waals surface area contributed by atoms with E-state index in [1.54, 1.807) is 25.1 Å². The zero-order valence-electron chi connectivity index (χ0n) is 6.44. The molecule has 4 heteroatoms. The quantitative estimate of drug-likeness (QED) is 0.590. The van der Waals surface area contributed by atoms with Crippen molar-refractivity contribution in [2.45, 2.75) is 12.7 Å². The molecule has 1 aromatic carbocycles. The van der Waals surface area contributed by atoms with Crippen LogP contribution in [0, 0.1) is 6.92 Å². The van der Waals surface area contributed by atoms with E-state index in [0.717, 1.165) is 0 Å². The monoisotopic (exact) mass is 188 g/mol. The van der Waals surface area contributed by atoms with Gasteiger partial charge in [0.2, 0.25) is 9.52 Å². The zero-order chi connectivity index (χ0) is 9.19. The Balaban J connectivity index is 2.83. The van der Waals surface area contributed by atoms with Crippen molar-refractivity contribution in [1.82, 2.24) is 0 Å². The second-order valence-electron chi connectivity index (χ2n) is 2.44. The molecule has 0 aliphatic heterocycles.